The van der Waals surface area contributed by atoms with E-state index in [4.69, 9.17) is 17.0 Å². The summed E-state index contributed by atoms with van der Waals surface area (Å²) < 4.78 is 0. The van der Waals surface area contributed by atoms with E-state index < -0.39 is 6.04 Å². The molecule has 0 bridgehead atoms. The van der Waals surface area contributed by atoms with Gasteiger partial charge in [0, 0.05) is 48.0 Å². The molecular formula is C29H30ClN5O2. The SMILES string of the molecule is Cc1cccc2c1CC(C(=O)Nc1ccc(C(=N)N3CCCC3)cc1)N(C(=O)Nc1ccc(Cl)cc1)C2. The first kappa shape index (κ1) is 24.8. The maximum Gasteiger partial charge on any atom is 0.322 e. The van der Waals surface area contributed by atoms with E-state index in [1.165, 1.54) is 0 Å². The lowest BCUT2D eigenvalue weighted by molar-refractivity contribution is -0.120. The van der Waals surface area contributed by atoms with Gasteiger partial charge in [0.05, 0.1) is 0 Å². The minimum Gasteiger partial charge on any atom is -0.357 e. The molecule has 0 saturated carbocycles. The number of carbonyl (C=O) groups excluding carboxylic acids is 2. The van der Waals surface area contributed by atoms with Crippen LogP contribution in [0.15, 0.2) is 66.7 Å². The molecule has 0 radical (unpaired) electrons. The number of benzene rings is 3. The molecule has 190 valence electrons. The van der Waals surface area contributed by atoms with Crippen LogP contribution in [0.3, 0.4) is 0 Å². The van der Waals surface area contributed by atoms with Gasteiger partial charge in [0.2, 0.25) is 5.91 Å². The molecule has 1 unspecified atom stereocenters. The second-order valence-electron chi connectivity index (χ2n) is 9.61. The highest BCUT2D eigenvalue weighted by Crippen LogP contribution is 2.28. The van der Waals surface area contributed by atoms with Gasteiger partial charge in [-0.1, -0.05) is 29.8 Å². The topological polar surface area (TPSA) is 88.5 Å². The maximum atomic E-state index is 13.5. The molecule has 1 fully saturated rings. The number of urea groups is 1. The van der Waals surface area contributed by atoms with Crippen molar-refractivity contribution in [1.29, 1.82) is 5.41 Å². The van der Waals surface area contributed by atoms with Crippen LogP contribution in [0, 0.1) is 12.3 Å². The number of fused-ring (bicyclic) bond motifs is 1. The van der Waals surface area contributed by atoms with Crippen molar-refractivity contribution in [3.8, 4) is 0 Å². The lowest BCUT2D eigenvalue weighted by atomic mass is 9.90. The van der Waals surface area contributed by atoms with Crippen molar-refractivity contribution >= 4 is 40.7 Å². The molecule has 3 aromatic carbocycles. The summed E-state index contributed by atoms with van der Waals surface area (Å²) >= 11 is 5.98. The molecule has 7 nitrogen and oxygen atoms in total. The molecule has 3 aromatic rings. The lowest BCUT2D eigenvalue weighted by Gasteiger charge is -2.36. The van der Waals surface area contributed by atoms with Crippen LogP contribution in [0.5, 0.6) is 0 Å². The molecule has 3 N–H and O–H groups in total. The number of rotatable bonds is 4. The molecule has 0 aliphatic carbocycles. The molecule has 2 aliphatic heterocycles. The summed E-state index contributed by atoms with van der Waals surface area (Å²) in [6, 6.07) is 19.2. The fourth-order valence-corrected chi connectivity index (χ4v) is 5.16. The number of hydrogen-bond donors (Lipinski definition) is 3. The van der Waals surface area contributed by atoms with E-state index in [2.05, 4.69) is 15.5 Å². The predicted molar refractivity (Wildman–Crippen MR) is 147 cm³/mol. The zero-order chi connectivity index (χ0) is 25.9. The summed E-state index contributed by atoms with van der Waals surface area (Å²) in [5.74, 6) is 0.266. The number of halogens is 1. The van der Waals surface area contributed by atoms with E-state index in [-0.39, 0.29) is 11.9 Å². The van der Waals surface area contributed by atoms with Crippen molar-refractivity contribution in [1.82, 2.24) is 9.80 Å². The highest BCUT2D eigenvalue weighted by atomic mass is 35.5. The normalized spacial score (nSPS) is 16.8. The van der Waals surface area contributed by atoms with Crippen molar-refractivity contribution in [3.63, 3.8) is 0 Å². The molecule has 0 aromatic heterocycles. The van der Waals surface area contributed by atoms with Gasteiger partial charge in [-0.15, -0.1) is 0 Å². The summed E-state index contributed by atoms with van der Waals surface area (Å²) in [6.45, 7) is 4.19. The van der Waals surface area contributed by atoms with Crippen LogP contribution < -0.4 is 10.6 Å². The summed E-state index contributed by atoms with van der Waals surface area (Å²) in [5, 5.41) is 14.9. The number of carbonyl (C=O) groups is 2. The standard InChI is InChI=1S/C29H30ClN5O2/c1-19-5-4-6-21-18-35(29(37)33-24-13-9-22(30)10-14-24)26(17-25(19)21)28(36)32-23-11-7-20(8-12-23)27(31)34-15-2-3-16-34/h4-14,26,31H,2-3,15-18H2,1H3,(H,32,36)(H,33,37). The van der Waals surface area contributed by atoms with E-state index in [1.807, 2.05) is 49.4 Å². The zero-order valence-electron chi connectivity index (χ0n) is 20.8. The van der Waals surface area contributed by atoms with Gasteiger partial charge in [0.15, 0.2) is 0 Å². The van der Waals surface area contributed by atoms with Crippen LogP contribution in [0.2, 0.25) is 5.02 Å². The van der Waals surface area contributed by atoms with Crippen molar-refractivity contribution in [2.75, 3.05) is 23.7 Å². The van der Waals surface area contributed by atoms with Crippen molar-refractivity contribution in [2.24, 2.45) is 0 Å². The molecule has 3 amide bonds. The van der Waals surface area contributed by atoms with Crippen LogP contribution in [0.4, 0.5) is 16.2 Å². The number of amides is 3. The summed E-state index contributed by atoms with van der Waals surface area (Å²) in [5.41, 5.74) is 5.33. The third-order valence-corrected chi connectivity index (χ3v) is 7.38. The maximum absolute atomic E-state index is 13.5. The molecule has 37 heavy (non-hydrogen) atoms. The number of aryl methyl sites for hydroxylation is 1. The van der Waals surface area contributed by atoms with Crippen LogP contribution in [0.1, 0.15) is 35.1 Å². The monoisotopic (exact) mass is 515 g/mol. The largest absolute Gasteiger partial charge is 0.357 e. The Kier molecular flexibility index (Phi) is 7.15. The Bertz CT molecular complexity index is 1320. The molecule has 1 atom stereocenters. The van der Waals surface area contributed by atoms with Gasteiger partial charge >= 0.3 is 6.03 Å². The fraction of sp³-hybridized carbons (Fsp3) is 0.276. The number of anilines is 2. The Morgan fingerprint density at radius 1 is 0.919 bits per heavy atom. The van der Waals surface area contributed by atoms with Crippen LogP contribution in [-0.2, 0) is 17.8 Å². The number of amidine groups is 1. The Morgan fingerprint density at radius 2 is 1.57 bits per heavy atom. The Morgan fingerprint density at radius 3 is 2.27 bits per heavy atom. The summed E-state index contributed by atoms with van der Waals surface area (Å²) in [4.78, 5) is 30.5. The molecule has 2 aliphatic rings. The molecule has 2 heterocycles. The third kappa shape index (κ3) is 5.47. The first-order chi connectivity index (χ1) is 17.9. The van der Waals surface area contributed by atoms with E-state index >= 15 is 0 Å². The first-order valence-electron chi connectivity index (χ1n) is 12.5. The van der Waals surface area contributed by atoms with E-state index in [0.717, 1.165) is 48.2 Å². The van der Waals surface area contributed by atoms with Gasteiger partial charge < -0.3 is 20.4 Å². The van der Waals surface area contributed by atoms with Crippen molar-refractivity contribution in [3.05, 3.63) is 94.0 Å². The number of nitrogens with one attached hydrogen (secondary N) is 3. The highest BCUT2D eigenvalue weighted by molar-refractivity contribution is 6.30. The van der Waals surface area contributed by atoms with Crippen LogP contribution >= 0.6 is 11.6 Å². The van der Waals surface area contributed by atoms with E-state index in [1.54, 1.807) is 29.2 Å². The Hall–Kier alpha value is -3.84. The average Bonchev–Trinajstić information content (AvgIpc) is 3.45. The zero-order valence-corrected chi connectivity index (χ0v) is 21.5. The Labute approximate surface area is 221 Å². The smallest absolute Gasteiger partial charge is 0.322 e. The van der Waals surface area contributed by atoms with Crippen molar-refractivity contribution in [2.45, 2.75) is 38.8 Å². The summed E-state index contributed by atoms with van der Waals surface area (Å²) in [7, 11) is 0. The van der Waals surface area contributed by atoms with Crippen molar-refractivity contribution < 1.29 is 9.59 Å². The third-order valence-electron chi connectivity index (χ3n) is 7.13. The van der Waals surface area contributed by atoms with Crippen LogP contribution in [0.25, 0.3) is 0 Å². The molecular weight excluding hydrogens is 486 g/mol. The van der Waals surface area contributed by atoms with E-state index in [0.29, 0.717) is 35.2 Å². The number of hydrogen-bond acceptors (Lipinski definition) is 3. The number of likely N-dealkylation sites (tertiary alicyclic amines) is 1. The van der Waals surface area contributed by atoms with Gasteiger partial charge in [0.1, 0.15) is 11.9 Å². The minimum atomic E-state index is -0.677. The predicted octanol–water partition coefficient (Wildman–Crippen LogP) is 5.67. The summed E-state index contributed by atoms with van der Waals surface area (Å²) in [6.07, 6.45) is 2.66. The minimum absolute atomic E-state index is 0.248. The first-order valence-corrected chi connectivity index (χ1v) is 12.9. The highest BCUT2D eigenvalue weighted by Gasteiger charge is 2.35. The molecule has 0 spiro atoms. The van der Waals surface area contributed by atoms with Gasteiger partial charge in [-0.25, -0.2) is 4.79 Å². The quantitative estimate of drug-likeness (QED) is 0.309. The fourth-order valence-electron chi connectivity index (χ4n) is 5.04. The average molecular weight is 516 g/mol. The van der Waals surface area contributed by atoms with E-state index in [9.17, 15) is 9.59 Å². The van der Waals surface area contributed by atoms with Gasteiger partial charge in [-0.2, -0.15) is 0 Å². The van der Waals surface area contributed by atoms with Gasteiger partial charge in [-0.3, -0.25) is 10.2 Å². The second kappa shape index (κ2) is 10.6. The molecule has 8 heteroatoms. The Balaban J connectivity index is 1.34. The second-order valence-corrected chi connectivity index (χ2v) is 10.0. The van der Waals surface area contributed by atoms with Crippen LogP contribution in [-0.4, -0.2) is 46.7 Å². The van der Waals surface area contributed by atoms with Gasteiger partial charge in [-0.05, 0) is 85.0 Å². The lowest BCUT2D eigenvalue weighted by Crippen LogP contribution is -2.52. The van der Waals surface area contributed by atoms with Gasteiger partial charge in [0.25, 0.3) is 0 Å². The molecule has 1 saturated heterocycles. The number of nitrogens with zero attached hydrogens (tertiary/aromatic N) is 2. The molecule has 5 rings (SSSR count).